The van der Waals surface area contributed by atoms with Crippen LogP contribution in [0.15, 0.2) is 46.5 Å². The van der Waals surface area contributed by atoms with Crippen molar-refractivity contribution in [3.05, 3.63) is 52.8 Å². The van der Waals surface area contributed by atoms with Gasteiger partial charge in [0.2, 0.25) is 5.89 Å². The second kappa shape index (κ2) is 6.93. The summed E-state index contributed by atoms with van der Waals surface area (Å²) in [4.78, 5) is 13.7. The molecular weight excluding hydrogens is 344 g/mol. The van der Waals surface area contributed by atoms with E-state index in [4.69, 9.17) is 16.0 Å². The van der Waals surface area contributed by atoms with E-state index in [1.54, 1.807) is 17.6 Å². The SMILES string of the molecule is Clc1cccc(-c2nc(CN3CCN(c4nccs4)CC3)co2)c1. The van der Waals surface area contributed by atoms with Gasteiger partial charge < -0.3 is 9.32 Å². The van der Waals surface area contributed by atoms with E-state index < -0.39 is 0 Å². The first-order valence-electron chi connectivity index (χ1n) is 7.85. The molecule has 3 heterocycles. The van der Waals surface area contributed by atoms with E-state index in [0.717, 1.165) is 49.1 Å². The summed E-state index contributed by atoms with van der Waals surface area (Å²) in [5, 5.41) is 3.82. The molecule has 1 aliphatic heterocycles. The Morgan fingerprint density at radius 1 is 1.21 bits per heavy atom. The van der Waals surface area contributed by atoms with Gasteiger partial charge in [0.15, 0.2) is 5.13 Å². The lowest BCUT2D eigenvalue weighted by atomic mass is 10.2. The first-order chi connectivity index (χ1) is 11.8. The van der Waals surface area contributed by atoms with Crippen molar-refractivity contribution in [2.45, 2.75) is 6.54 Å². The van der Waals surface area contributed by atoms with E-state index >= 15 is 0 Å². The molecule has 1 aromatic carbocycles. The Hall–Kier alpha value is -1.89. The maximum atomic E-state index is 6.03. The number of anilines is 1. The van der Waals surface area contributed by atoms with Crippen LogP contribution in [0.1, 0.15) is 5.69 Å². The first-order valence-corrected chi connectivity index (χ1v) is 9.11. The maximum absolute atomic E-state index is 6.03. The molecule has 0 unspecified atom stereocenters. The molecule has 0 atom stereocenters. The van der Waals surface area contributed by atoms with E-state index in [1.807, 2.05) is 35.8 Å². The van der Waals surface area contributed by atoms with Gasteiger partial charge in [-0.15, -0.1) is 11.3 Å². The van der Waals surface area contributed by atoms with Crippen LogP contribution in [-0.4, -0.2) is 41.0 Å². The van der Waals surface area contributed by atoms with Crippen molar-refractivity contribution in [3.8, 4) is 11.5 Å². The van der Waals surface area contributed by atoms with E-state index in [-0.39, 0.29) is 0 Å². The molecule has 0 aliphatic carbocycles. The second-order valence-corrected chi connectivity index (χ2v) is 7.04. The molecule has 7 heteroatoms. The largest absolute Gasteiger partial charge is 0.444 e. The van der Waals surface area contributed by atoms with Crippen LogP contribution in [0.25, 0.3) is 11.5 Å². The lowest BCUT2D eigenvalue weighted by Crippen LogP contribution is -2.45. The Morgan fingerprint density at radius 3 is 2.83 bits per heavy atom. The smallest absolute Gasteiger partial charge is 0.226 e. The zero-order valence-corrected chi connectivity index (χ0v) is 14.6. The van der Waals surface area contributed by atoms with Gasteiger partial charge in [-0.25, -0.2) is 9.97 Å². The molecule has 124 valence electrons. The third-order valence-corrected chi connectivity index (χ3v) is 5.14. The van der Waals surface area contributed by atoms with Crippen LogP contribution in [0.4, 0.5) is 5.13 Å². The summed E-state index contributed by atoms with van der Waals surface area (Å²) < 4.78 is 5.61. The second-order valence-electron chi connectivity index (χ2n) is 5.73. The monoisotopic (exact) mass is 360 g/mol. The molecule has 4 rings (SSSR count). The molecule has 24 heavy (non-hydrogen) atoms. The minimum atomic E-state index is 0.619. The highest BCUT2D eigenvalue weighted by Gasteiger charge is 2.19. The van der Waals surface area contributed by atoms with Crippen LogP contribution in [0, 0.1) is 0 Å². The topological polar surface area (TPSA) is 45.4 Å². The zero-order valence-electron chi connectivity index (χ0n) is 13.1. The van der Waals surface area contributed by atoms with Crippen molar-refractivity contribution in [2.24, 2.45) is 0 Å². The molecule has 3 aromatic rings. The van der Waals surface area contributed by atoms with Crippen LogP contribution < -0.4 is 4.90 Å². The molecule has 2 aromatic heterocycles. The number of thiazole rings is 1. The summed E-state index contributed by atoms with van der Waals surface area (Å²) in [5.41, 5.74) is 1.86. The van der Waals surface area contributed by atoms with Crippen LogP contribution in [0.3, 0.4) is 0 Å². The number of benzene rings is 1. The molecule has 1 saturated heterocycles. The summed E-state index contributed by atoms with van der Waals surface area (Å²) in [6, 6.07) is 7.56. The highest BCUT2D eigenvalue weighted by Crippen LogP contribution is 2.23. The number of oxazole rings is 1. The summed E-state index contributed by atoms with van der Waals surface area (Å²) in [7, 11) is 0. The standard InChI is InChI=1S/C17H17ClN4OS/c18-14-3-1-2-13(10-14)16-20-15(12-23-16)11-21-5-7-22(8-6-21)17-19-4-9-24-17/h1-4,9-10,12H,5-8,11H2. The normalized spacial score (nSPS) is 15.8. The lowest BCUT2D eigenvalue weighted by Gasteiger charge is -2.34. The van der Waals surface area contributed by atoms with E-state index in [9.17, 15) is 0 Å². The molecule has 0 N–H and O–H groups in total. The van der Waals surface area contributed by atoms with Gasteiger partial charge in [0, 0.05) is 54.9 Å². The lowest BCUT2D eigenvalue weighted by molar-refractivity contribution is 0.247. The highest BCUT2D eigenvalue weighted by molar-refractivity contribution is 7.13. The van der Waals surface area contributed by atoms with Crippen molar-refractivity contribution in [2.75, 3.05) is 31.1 Å². The molecule has 0 radical (unpaired) electrons. The summed E-state index contributed by atoms with van der Waals surface area (Å²) in [5.74, 6) is 0.619. The van der Waals surface area contributed by atoms with Crippen molar-refractivity contribution in [1.29, 1.82) is 0 Å². The van der Waals surface area contributed by atoms with E-state index in [1.165, 1.54) is 0 Å². The number of hydrogen-bond donors (Lipinski definition) is 0. The Bertz CT molecular complexity index is 797. The Balaban J connectivity index is 1.37. The number of nitrogens with zero attached hydrogens (tertiary/aromatic N) is 4. The van der Waals surface area contributed by atoms with Crippen molar-refractivity contribution >= 4 is 28.1 Å². The molecule has 0 saturated carbocycles. The fourth-order valence-electron chi connectivity index (χ4n) is 2.83. The van der Waals surface area contributed by atoms with Gasteiger partial charge >= 0.3 is 0 Å². The number of halogens is 1. The first kappa shape index (κ1) is 15.6. The molecule has 1 aliphatic rings. The fraction of sp³-hybridized carbons (Fsp3) is 0.294. The predicted molar refractivity (Wildman–Crippen MR) is 96.6 cm³/mol. The van der Waals surface area contributed by atoms with Gasteiger partial charge in [-0.1, -0.05) is 17.7 Å². The summed E-state index contributed by atoms with van der Waals surface area (Å²) >= 11 is 7.72. The minimum Gasteiger partial charge on any atom is -0.444 e. The summed E-state index contributed by atoms with van der Waals surface area (Å²) in [6.07, 6.45) is 3.60. The number of hydrogen-bond acceptors (Lipinski definition) is 6. The van der Waals surface area contributed by atoms with Gasteiger partial charge in [0.1, 0.15) is 6.26 Å². The molecule has 0 amide bonds. The Morgan fingerprint density at radius 2 is 2.08 bits per heavy atom. The Labute approximate surface area is 149 Å². The molecule has 1 fully saturated rings. The molecular formula is C17H17ClN4OS. The fourth-order valence-corrected chi connectivity index (χ4v) is 3.72. The molecule has 0 spiro atoms. The van der Waals surface area contributed by atoms with Crippen LogP contribution in [0.5, 0.6) is 0 Å². The van der Waals surface area contributed by atoms with Crippen LogP contribution in [-0.2, 0) is 6.54 Å². The zero-order chi connectivity index (χ0) is 16.4. The van der Waals surface area contributed by atoms with Gasteiger partial charge in [-0.2, -0.15) is 0 Å². The van der Waals surface area contributed by atoms with Gasteiger partial charge in [-0.3, -0.25) is 4.90 Å². The molecule has 0 bridgehead atoms. The predicted octanol–water partition coefficient (Wildman–Crippen LogP) is 3.77. The van der Waals surface area contributed by atoms with Crippen molar-refractivity contribution < 1.29 is 4.42 Å². The number of aromatic nitrogens is 2. The van der Waals surface area contributed by atoms with Gasteiger partial charge in [-0.05, 0) is 18.2 Å². The number of rotatable bonds is 4. The van der Waals surface area contributed by atoms with Crippen LogP contribution in [0.2, 0.25) is 5.02 Å². The average molecular weight is 361 g/mol. The van der Waals surface area contributed by atoms with E-state index in [0.29, 0.717) is 10.9 Å². The Kier molecular flexibility index (Phi) is 4.51. The van der Waals surface area contributed by atoms with Crippen LogP contribution >= 0.6 is 22.9 Å². The quantitative estimate of drug-likeness (QED) is 0.708. The summed E-state index contributed by atoms with van der Waals surface area (Å²) in [6.45, 7) is 4.78. The molecule has 5 nitrogen and oxygen atoms in total. The van der Waals surface area contributed by atoms with Crippen molar-refractivity contribution in [1.82, 2.24) is 14.9 Å². The van der Waals surface area contributed by atoms with Gasteiger partial charge in [0.25, 0.3) is 0 Å². The number of piperazine rings is 1. The van der Waals surface area contributed by atoms with Gasteiger partial charge in [0.05, 0.1) is 5.69 Å². The third-order valence-electron chi connectivity index (χ3n) is 4.07. The van der Waals surface area contributed by atoms with Crippen molar-refractivity contribution in [3.63, 3.8) is 0 Å². The minimum absolute atomic E-state index is 0.619. The third kappa shape index (κ3) is 3.45. The van der Waals surface area contributed by atoms with E-state index in [2.05, 4.69) is 19.8 Å². The average Bonchev–Trinajstić information content (AvgIpc) is 3.27. The maximum Gasteiger partial charge on any atom is 0.226 e. The highest BCUT2D eigenvalue weighted by atomic mass is 35.5.